The van der Waals surface area contributed by atoms with E-state index in [1.54, 1.807) is 29.8 Å². The zero-order chi connectivity index (χ0) is 35.9. The number of nitrogens with zero attached hydrogens (tertiary/aromatic N) is 3. The monoisotopic (exact) mass is 692 g/mol. The molecule has 0 saturated carbocycles. The zero-order valence-electron chi connectivity index (χ0n) is 29.2. The fourth-order valence-corrected chi connectivity index (χ4v) is 10.4. The summed E-state index contributed by atoms with van der Waals surface area (Å²) in [6, 6.07) is 16.0. The minimum Gasteiger partial charge on any atom is -0.342 e. The number of Topliss-reactive ketones (excluding diaryl/α,β-unsaturated/α-hetero) is 2. The number of carbonyl (C=O) groups excluding carboxylic acids is 2. The predicted octanol–water partition coefficient (Wildman–Crippen LogP) is 7.83. The number of carbonyl (C=O) groups is 2. The van der Waals surface area contributed by atoms with Crippen LogP contribution in [0.4, 0.5) is 24.8 Å². The maximum absolute atomic E-state index is 16.2. The van der Waals surface area contributed by atoms with E-state index in [4.69, 9.17) is 5.10 Å². The van der Waals surface area contributed by atoms with E-state index >= 15 is 13.2 Å². The summed E-state index contributed by atoms with van der Waals surface area (Å²) >= 11 is 0. The number of alkyl halides is 3. The summed E-state index contributed by atoms with van der Waals surface area (Å²) in [4.78, 5) is 28.8. The van der Waals surface area contributed by atoms with Crippen LogP contribution in [0.2, 0.25) is 0 Å². The molecule has 9 rings (SSSR count). The van der Waals surface area contributed by atoms with Gasteiger partial charge in [-0.05, 0) is 62.1 Å². The standard InChI is InChI=1S/C40H39F3N6O2/c1-21-30-34(47-46-21)44-27-18-37(5,20-29(51)32(27)38(30)16-15-23-11-9-10-14-25(23)38)49-22(2)31-35(48-49)45-26-17-36(3,4)19-28(50)33(26)39(31,40(41,42)43)24-12-7-6-8-13-24/h6-14H,15-20H2,1-5H3,(H,45,48)(H2,44,46,47). The molecule has 5 aliphatic rings. The molecule has 3 unspecified atom stereocenters. The van der Waals surface area contributed by atoms with E-state index in [0.717, 1.165) is 23.2 Å². The Labute approximate surface area is 293 Å². The zero-order valence-corrected chi connectivity index (χ0v) is 29.2. The minimum atomic E-state index is -4.89. The predicted molar refractivity (Wildman–Crippen MR) is 186 cm³/mol. The molecule has 0 amide bonds. The van der Waals surface area contributed by atoms with E-state index in [1.165, 1.54) is 17.7 Å². The molecule has 4 aromatic rings. The highest BCUT2D eigenvalue weighted by Gasteiger charge is 2.67. The highest BCUT2D eigenvalue weighted by Crippen LogP contribution is 2.62. The molecule has 4 heterocycles. The van der Waals surface area contributed by atoms with E-state index in [9.17, 15) is 9.59 Å². The number of allylic oxidation sites excluding steroid dienone is 4. The van der Waals surface area contributed by atoms with E-state index in [2.05, 4.69) is 33.0 Å². The summed E-state index contributed by atoms with van der Waals surface area (Å²) in [6.07, 6.45) is -2.76. The van der Waals surface area contributed by atoms with E-state index in [0.29, 0.717) is 29.9 Å². The Morgan fingerprint density at radius 2 is 1.45 bits per heavy atom. The number of hydrogen-bond acceptors (Lipinski definition) is 6. The van der Waals surface area contributed by atoms with E-state index in [1.807, 2.05) is 39.8 Å². The molecule has 2 aliphatic heterocycles. The highest BCUT2D eigenvalue weighted by molar-refractivity contribution is 6.04. The highest BCUT2D eigenvalue weighted by atomic mass is 19.4. The van der Waals surface area contributed by atoms with Gasteiger partial charge in [0.15, 0.2) is 28.6 Å². The lowest BCUT2D eigenvalue weighted by Crippen LogP contribution is -2.52. The van der Waals surface area contributed by atoms with E-state index in [-0.39, 0.29) is 59.0 Å². The number of nitrogens with one attached hydrogen (secondary N) is 3. The second-order valence-electron chi connectivity index (χ2n) is 16.1. The molecule has 0 fully saturated rings. The number of anilines is 2. The van der Waals surface area contributed by atoms with Crippen molar-refractivity contribution in [2.45, 2.75) is 95.7 Å². The van der Waals surface area contributed by atoms with Gasteiger partial charge in [0.2, 0.25) is 0 Å². The number of aryl methyl sites for hydroxylation is 2. The van der Waals surface area contributed by atoms with Crippen LogP contribution >= 0.6 is 0 Å². The van der Waals surface area contributed by atoms with Gasteiger partial charge in [-0.25, -0.2) is 0 Å². The molecule has 262 valence electrons. The Balaban J connectivity index is 1.25. The van der Waals surface area contributed by atoms with Gasteiger partial charge < -0.3 is 10.6 Å². The average molecular weight is 693 g/mol. The number of fused-ring (bicyclic) bond motifs is 6. The first-order chi connectivity index (χ1) is 24.1. The van der Waals surface area contributed by atoms with Crippen molar-refractivity contribution in [2.75, 3.05) is 10.6 Å². The van der Waals surface area contributed by atoms with Gasteiger partial charge in [-0.3, -0.25) is 19.4 Å². The molecule has 8 nitrogen and oxygen atoms in total. The first kappa shape index (κ1) is 32.0. The quantitative estimate of drug-likeness (QED) is 0.198. The number of aromatic amines is 1. The maximum atomic E-state index is 16.2. The third kappa shape index (κ3) is 4.03. The normalized spacial score (nSPS) is 27.8. The lowest BCUT2D eigenvalue weighted by molar-refractivity contribution is -0.171. The van der Waals surface area contributed by atoms with Gasteiger partial charge in [0.25, 0.3) is 0 Å². The first-order valence-corrected chi connectivity index (χ1v) is 17.6. The number of H-pyrrole nitrogens is 1. The molecule has 51 heavy (non-hydrogen) atoms. The lowest BCUT2D eigenvalue weighted by Gasteiger charge is -2.46. The van der Waals surface area contributed by atoms with Crippen LogP contribution in [0, 0.1) is 19.3 Å². The van der Waals surface area contributed by atoms with Crippen molar-refractivity contribution in [3.05, 3.63) is 116 Å². The Morgan fingerprint density at radius 1 is 0.784 bits per heavy atom. The fourth-order valence-electron chi connectivity index (χ4n) is 10.4. The Morgan fingerprint density at radius 3 is 2.20 bits per heavy atom. The van der Waals surface area contributed by atoms with Gasteiger partial charge in [-0.15, -0.1) is 0 Å². The number of aromatic nitrogens is 4. The number of hydrogen-bond donors (Lipinski definition) is 3. The molecule has 3 N–H and O–H groups in total. The van der Waals surface area contributed by atoms with Crippen LogP contribution in [0.5, 0.6) is 0 Å². The molecule has 3 aliphatic carbocycles. The van der Waals surface area contributed by atoms with E-state index < -0.39 is 33.7 Å². The number of halogens is 3. The number of benzene rings is 2. The summed E-state index contributed by atoms with van der Waals surface area (Å²) in [5.41, 5.74) is 0.685. The topological polar surface area (TPSA) is 105 Å². The summed E-state index contributed by atoms with van der Waals surface area (Å²) < 4.78 is 50.2. The van der Waals surface area contributed by atoms with Crippen molar-refractivity contribution >= 4 is 23.2 Å². The van der Waals surface area contributed by atoms with Crippen LogP contribution in [-0.4, -0.2) is 37.7 Å². The minimum absolute atomic E-state index is 0.00492. The Kier molecular flexibility index (Phi) is 6.34. The van der Waals surface area contributed by atoms with Crippen molar-refractivity contribution in [3.8, 4) is 0 Å². The van der Waals surface area contributed by atoms with Crippen LogP contribution in [0.25, 0.3) is 0 Å². The van der Waals surface area contributed by atoms with Crippen LogP contribution in [0.3, 0.4) is 0 Å². The van der Waals surface area contributed by atoms with Gasteiger partial charge in [-0.1, -0.05) is 68.4 Å². The summed E-state index contributed by atoms with van der Waals surface area (Å²) in [5.74, 6) is 0.125. The van der Waals surface area contributed by atoms with Crippen LogP contribution in [-0.2, 0) is 32.4 Å². The summed E-state index contributed by atoms with van der Waals surface area (Å²) in [5, 5.41) is 19.4. The average Bonchev–Trinajstić information content (AvgIpc) is 3.73. The molecule has 0 radical (unpaired) electrons. The second kappa shape index (κ2) is 10.1. The third-order valence-electron chi connectivity index (χ3n) is 12.2. The second-order valence-corrected chi connectivity index (χ2v) is 16.1. The smallest absolute Gasteiger partial charge is 0.342 e. The van der Waals surface area contributed by atoms with Gasteiger partial charge >= 0.3 is 6.18 Å². The van der Waals surface area contributed by atoms with Crippen molar-refractivity contribution in [1.82, 2.24) is 20.0 Å². The Hall–Kier alpha value is -4.93. The van der Waals surface area contributed by atoms with Crippen molar-refractivity contribution in [3.63, 3.8) is 0 Å². The number of ketones is 2. The van der Waals surface area contributed by atoms with Gasteiger partial charge in [-0.2, -0.15) is 23.4 Å². The van der Waals surface area contributed by atoms with Gasteiger partial charge in [0.05, 0.1) is 11.0 Å². The number of rotatable bonds is 2. The molecule has 3 atom stereocenters. The SMILES string of the molecule is Cc1[nH]nc2c1C1(CCc3ccccc31)C1=C(CC(C)(n3nc4c(c3C)C(c3ccccc3)(C(F)(F)F)C3=C(CC(C)(C)CC3=O)N4)CC1=O)N2. The molecule has 11 heteroatoms. The van der Waals surface area contributed by atoms with Gasteiger partial charge in [0, 0.05) is 64.3 Å². The van der Waals surface area contributed by atoms with Crippen LogP contribution in [0.1, 0.15) is 92.1 Å². The first-order valence-electron chi connectivity index (χ1n) is 17.6. The molecule has 0 saturated heterocycles. The maximum Gasteiger partial charge on any atom is 0.406 e. The van der Waals surface area contributed by atoms with Gasteiger partial charge in [0.1, 0.15) is 0 Å². The Bertz CT molecular complexity index is 2280. The summed E-state index contributed by atoms with van der Waals surface area (Å²) in [6.45, 7) is 9.29. The third-order valence-corrected chi connectivity index (χ3v) is 12.2. The molecular formula is C40H39F3N6O2. The lowest BCUT2D eigenvalue weighted by atomic mass is 9.60. The molecule has 2 aromatic heterocycles. The van der Waals surface area contributed by atoms with Crippen LogP contribution < -0.4 is 10.6 Å². The largest absolute Gasteiger partial charge is 0.406 e. The molecule has 0 bridgehead atoms. The van der Waals surface area contributed by atoms with Crippen LogP contribution in [0.15, 0.2) is 77.1 Å². The molecular weight excluding hydrogens is 653 g/mol. The molecule has 1 spiro atoms. The van der Waals surface area contributed by atoms with Crippen molar-refractivity contribution in [1.29, 1.82) is 0 Å². The van der Waals surface area contributed by atoms with Crippen molar-refractivity contribution in [2.24, 2.45) is 5.41 Å². The summed E-state index contributed by atoms with van der Waals surface area (Å²) in [7, 11) is 0. The fraction of sp³-hybridized carbons (Fsp3) is 0.400. The molecule has 2 aromatic carbocycles. The van der Waals surface area contributed by atoms with Crippen molar-refractivity contribution < 1.29 is 22.8 Å².